The van der Waals surface area contributed by atoms with E-state index in [0.29, 0.717) is 0 Å². The third-order valence-corrected chi connectivity index (χ3v) is 4.48. The van der Waals surface area contributed by atoms with E-state index in [-0.39, 0.29) is 5.41 Å². The second kappa shape index (κ2) is 9.42. The average molecular weight is 249 g/mol. The highest BCUT2D eigenvalue weighted by Crippen LogP contribution is 2.30. The van der Waals surface area contributed by atoms with Crippen LogP contribution in [0.1, 0.15) is 96.8 Å². The fraction of sp³-hybridized carbons (Fsp3) is 0.941. The highest BCUT2D eigenvalue weighted by molar-refractivity contribution is 4.95. The molecule has 0 aliphatic heterocycles. The molecule has 0 radical (unpaired) electrons. The van der Waals surface area contributed by atoms with Gasteiger partial charge in [-0.3, -0.25) is 0 Å². The first-order chi connectivity index (χ1) is 8.77. The van der Waals surface area contributed by atoms with Crippen LogP contribution in [-0.4, -0.2) is 0 Å². The quantitative estimate of drug-likeness (QED) is 0.517. The molecule has 0 saturated heterocycles. The Labute approximate surface area is 114 Å². The van der Waals surface area contributed by atoms with E-state index in [1.54, 1.807) is 0 Å². The van der Waals surface area contributed by atoms with E-state index in [9.17, 15) is 5.26 Å². The van der Waals surface area contributed by atoms with Gasteiger partial charge in [0.2, 0.25) is 0 Å². The summed E-state index contributed by atoms with van der Waals surface area (Å²) in [6, 6.07) is 2.57. The average Bonchev–Trinajstić information content (AvgIpc) is 2.39. The molecule has 1 heteroatoms. The molecule has 1 saturated carbocycles. The summed E-state index contributed by atoms with van der Waals surface area (Å²) in [6.45, 7) is 2.17. The molecular weight excluding hydrogens is 218 g/mol. The van der Waals surface area contributed by atoms with Crippen molar-refractivity contribution in [3.05, 3.63) is 0 Å². The van der Waals surface area contributed by atoms with Gasteiger partial charge in [0.1, 0.15) is 0 Å². The van der Waals surface area contributed by atoms with Gasteiger partial charge in [-0.15, -0.1) is 0 Å². The van der Waals surface area contributed by atoms with Gasteiger partial charge in [0.15, 0.2) is 0 Å². The minimum atomic E-state index is -0.0415. The number of hydrogen-bond acceptors (Lipinski definition) is 1. The van der Waals surface area contributed by atoms with Gasteiger partial charge in [0, 0.05) is 0 Å². The van der Waals surface area contributed by atoms with Crippen LogP contribution >= 0.6 is 0 Å². The number of hydrogen-bond donors (Lipinski definition) is 0. The fourth-order valence-electron chi connectivity index (χ4n) is 3.03. The zero-order valence-corrected chi connectivity index (χ0v) is 12.3. The molecule has 1 fully saturated rings. The van der Waals surface area contributed by atoms with Crippen molar-refractivity contribution in [2.24, 2.45) is 5.41 Å². The monoisotopic (exact) mass is 249 g/mol. The van der Waals surface area contributed by atoms with E-state index in [1.165, 1.54) is 77.0 Å². The van der Waals surface area contributed by atoms with E-state index in [2.05, 4.69) is 13.0 Å². The normalized spacial score (nSPS) is 24.4. The van der Waals surface area contributed by atoms with E-state index in [4.69, 9.17) is 0 Å². The van der Waals surface area contributed by atoms with Crippen molar-refractivity contribution in [3.63, 3.8) is 0 Å². The molecule has 18 heavy (non-hydrogen) atoms. The van der Waals surface area contributed by atoms with Gasteiger partial charge in [0.05, 0.1) is 11.5 Å². The molecule has 0 bridgehead atoms. The van der Waals surface area contributed by atoms with Gasteiger partial charge in [-0.05, 0) is 19.8 Å². The summed E-state index contributed by atoms with van der Waals surface area (Å²) in [5, 5.41) is 9.35. The molecule has 1 aliphatic rings. The molecule has 0 unspecified atom stereocenters. The highest BCUT2D eigenvalue weighted by Gasteiger charge is 2.22. The van der Waals surface area contributed by atoms with Gasteiger partial charge in [-0.25, -0.2) is 0 Å². The molecule has 1 rings (SSSR count). The summed E-state index contributed by atoms with van der Waals surface area (Å²) in [6.07, 6.45) is 18.7. The maximum atomic E-state index is 9.35. The Bertz CT molecular complexity index is 222. The van der Waals surface area contributed by atoms with Gasteiger partial charge in [0.25, 0.3) is 0 Å². The molecule has 0 N–H and O–H groups in total. The summed E-state index contributed by atoms with van der Waals surface area (Å²) >= 11 is 0. The topological polar surface area (TPSA) is 23.8 Å². The Hall–Kier alpha value is -0.510. The molecule has 0 aromatic carbocycles. The third kappa shape index (κ3) is 7.04. The SMILES string of the molecule is CC1(C#N)CCCCCCCCCCCCCC1. The lowest BCUT2D eigenvalue weighted by molar-refractivity contribution is 0.339. The smallest absolute Gasteiger partial charge is 0.0686 e. The van der Waals surface area contributed by atoms with Gasteiger partial charge < -0.3 is 0 Å². The minimum absolute atomic E-state index is 0.0415. The van der Waals surface area contributed by atoms with Gasteiger partial charge in [-0.1, -0.05) is 77.0 Å². The van der Waals surface area contributed by atoms with E-state index in [1.807, 2.05) is 0 Å². The van der Waals surface area contributed by atoms with Crippen LogP contribution in [-0.2, 0) is 0 Å². The Balaban J connectivity index is 2.32. The second-order valence-corrected chi connectivity index (χ2v) is 6.42. The molecule has 0 heterocycles. The maximum Gasteiger partial charge on any atom is 0.0686 e. The Morgan fingerprint density at radius 2 is 0.889 bits per heavy atom. The van der Waals surface area contributed by atoms with Crippen molar-refractivity contribution < 1.29 is 0 Å². The lowest BCUT2D eigenvalue weighted by Gasteiger charge is -2.21. The van der Waals surface area contributed by atoms with Crippen LogP contribution in [0.25, 0.3) is 0 Å². The zero-order chi connectivity index (χ0) is 13.1. The standard InChI is InChI=1S/C17H31N/c1-17(16-18)14-12-10-8-6-4-2-3-5-7-9-11-13-15-17/h2-15H2,1H3. The van der Waals surface area contributed by atoms with Crippen LogP contribution < -0.4 is 0 Å². The van der Waals surface area contributed by atoms with Crippen LogP contribution in [0.5, 0.6) is 0 Å². The molecule has 0 aromatic heterocycles. The second-order valence-electron chi connectivity index (χ2n) is 6.42. The fourth-order valence-corrected chi connectivity index (χ4v) is 3.03. The third-order valence-electron chi connectivity index (χ3n) is 4.48. The predicted octanol–water partition coefficient (Wildman–Crippen LogP) is 5.99. The van der Waals surface area contributed by atoms with Crippen molar-refractivity contribution in [1.82, 2.24) is 0 Å². The number of rotatable bonds is 0. The van der Waals surface area contributed by atoms with Crippen LogP contribution in [0.15, 0.2) is 0 Å². The largest absolute Gasteiger partial charge is 0.198 e. The molecule has 0 spiro atoms. The Kier molecular flexibility index (Phi) is 8.14. The van der Waals surface area contributed by atoms with Gasteiger partial charge >= 0.3 is 0 Å². The van der Waals surface area contributed by atoms with Gasteiger partial charge in [-0.2, -0.15) is 5.26 Å². The minimum Gasteiger partial charge on any atom is -0.198 e. The van der Waals surface area contributed by atoms with E-state index >= 15 is 0 Å². The predicted molar refractivity (Wildman–Crippen MR) is 78.4 cm³/mol. The Morgan fingerprint density at radius 1 is 0.611 bits per heavy atom. The maximum absolute atomic E-state index is 9.35. The van der Waals surface area contributed by atoms with Crippen molar-refractivity contribution in [1.29, 1.82) is 5.26 Å². The van der Waals surface area contributed by atoms with Crippen molar-refractivity contribution in [2.45, 2.75) is 96.8 Å². The Morgan fingerprint density at radius 3 is 1.17 bits per heavy atom. The van der Waals surface area contributed by atoms with E-state index in [0.717, 1.165) is 12.8 Å². The molecule has 0 aromatic rings. The molecule has 0 amide bonds. The van der Waals surface area contributed by atoms with Crippen LogP contribution in [0.2, 0.25) is 0 Å². The first-order valence-electron chi connectivity index (χ1n) is 8.18. The summed E-state index contributed by atoms with van der Waals surface area (Å²) in [4.78, 5) is 0. The highest BCUT2D eigenvalue weighted by atomic mass is 14.3. The summed E-state index contributed by atoms with van der Waals surface area (Å²) in [5.74, 6) is 0. The summed E-state index contributed by atoms with van der Waals surface area (Å²) < 4.78 is 0. The first kappa shape index (κ1) is 15.5. The van der Waals surface area contributed by atoms with Crippen molar-refractivity contribution >= 4 is 0 Å². The molecule has 1 nitrogen and oxygen atoms in total. The van der Waals surface area contributed by atoms with Crippen LogP contribution in [0.4, 0.5) is 0 Å². The summed E-state index contributed by atoms with van der Waals surface area (Å²) in [5.41, 5.74) is -0.0415. The molecule has 0 atom stereocenters. The molecule has 104 valence electrons. The lowest BCUT2D eigenvalue weighted by Crippen LogP contribution is -2.13. The van der Waals surface area contributed by atoms with E-state index < -0.39 is 0 Å². The first-order valence-corrected chi connectivity index (χ1v) is 8.18. The van der Waals surface area contributed by atoms with Crippen molar-refractivity contribution in [3.8, 4) is 6.07 Å². The molecular formula is C17H31N. The number of nitrogens with zero attached hydrogens (tertiary/aromatic N) is 1. The zero-order valence-electron chi connectivity index (χ0n) is 12.3. The van der Waals surface area contributed by atoms with Crippen LogP contribution in [0.3, 0.4) is 0 Å². The van der Waals surface area contributed by atoms with Crippen LogP contribution in [0, 0.1) is 16.7 Å². The number of nitriles is 1. The summed E-state index contributed by atoms with van der Waals surface area (Å²) in [7, 11) is 0. The molecule has 1 aliphatic carbocycles. The lowest BCUT2D eigenvalue weighted by atomic mass is 9.81. The van der Waals surface area contributed by atoms with Crippen molar-refractivity contribution in [2.75, 3.05) is 0 Å².